The molecule has 106 valence electrons. The Morgan fingerprint density at radius 1 is 1.10 bits per heavy atom. The Morgan fingerprint density at radius 2 is 1.86 bits per heavy atom. The quantitative estimate of drug-likeness (QED) is 0.639. The lowest BCUT2D eigenvalue weighted by Gasteiger charge is -2.10. The van der Waals surface area contributed by atoms with E-state index in [1.54, 1.807) is 0 Å². The van der Waals surface area contributed by atoms with E-state index < -0.39 is 0 Å². The zero-order chi connectivity index (χ0) is 14.8. The minimum absolute atomic E-state index is 0.668. The number of aryl methyl sites for hydroxylation is 1. The van der Waals surface area contributed by atoms with Crippen LogP contribution >= 0.6 is 11.6 Å². The highest BCUT2D eigenvalue weighted by Crippen LogP contribution is 2.26. The summed E-state index contributed by atoms with van der Waals surface area (Å²) in [5.74, 6) is 0. The maximum absolute atomic E-state index is 11.3. The van der Waals surface area contributed by atoms with E-state index in [4.69, 9.17) is 11.6 Å². The number of para-hydroxylation sites is 1. The number of benzene rings is 2. The molecule has 0 N–H and O–H groups in total. The van der Waals surface area contributed by atoms with Crippen molar-refractivity contribution in [2.75, 3.05) is 0 Å². The van der Waals surface area contributed by atoms with E-state index in [0.717, 1.165) is 39.8 Å². The summed E-state index contributed by atoms with van der Waals surface area (Å²) in [5.41, 5.74) is 4.15. The van der Waals surface area contributed by atoms with Crippen molar-refractivity contribution < 1.29 is 4.79 Å². The summed E-state index contributed by atoms with van der Waals surface area (Å²) in [6.45, 7) is 2.79. The van der Waals surface area contributed by atoms with Crippen molar-refractivity contribution in [2.24, 2.45) is 0 Å². The third-order valence-electron chi connectivity index (χ3n) is 3.82. The van der Waals surface area contributed by atoms with Gasteiger partial charge in [-0.15, -0.1) is 0 Å². The van der Waals surface area contributed by atoms with Gasteiger partial charge in [-0.25, -0.2) is 0 Å². The van der Waals surface area contributed by atoms with E-state index in [0.29, 0.717) is 6.54 Å². The summed E-state index contributed by atoms with van der Waals surface area (Å²) in [6, 6.07) is 13.9. The molecule has 1 heterocycles. The van der Waals surface area contributed by atoms with Gasteiger partial charge in [0.2, 0.25) is 0 Å². The Morgan fingerprint density at radius 3 is 2.57 bits per heavy atom. The molecule has 0 spiro atoms. The van der Waals surface area contributed by atoms with Crippen molar-refractivity contribution in [1.82, 2.24) is 4.57 Å². The molecule has 0 atom stereocenters. The fraction of sp³-hybridized carbons (Fsp3) is 0.167. The van der Waals surface area contributed by atoms with Gasteiger partial charge >= 0.3 is 0 Å². The fourth-order valence-electron chi connectivity index (χ4n) is 2.78. The summed E-state index contributed by atoms with van der Waals surface area (Å²) >= 11 is 6.26. The lowest BCUT2D eigenvalue weighted by Crippen LogP contribution is -2.00. The standard InChI is InChI=1S/C18H16ClNO/c1-2-13-7-5-8-16-15(12-21)11-20(18(13)16)10-14-6-3-4-9-17(14)19/h3-9,11-12H,2,10H2,1H3. The molecule has 0 aliphatic rings. The molecule has 3 aromatic rings. The highest BCUT2D eigenvalue weighted by Gasteiger charge is 2.12. The molecule has 0 fully saturated rings. The molecule has 3 rings (SSSR count). The van der Waals surface area contributed by atoms with Gasteiger partial charge in [0.1, 0.15) is 0 Å². The van der Waals surface area contributed by atoms with Gasteiger partial charge in [0.25, 0.3) is 0 Å². The van der Waals surface area contributed by atoms with Gasteiger partial charge in [0.15, 0.2) is 6.29 Å². The first-order valence-electron chi connectivity index (χ1n) is 7.04. The van der Waals surface area contributed by atoms with Gasteiger partial charge < -0.3 is 4.57 Å². The summed E-state index contributed by atoms with van der Waals surface area (Å²) in [6.07, 6.45) is 3.77. The Labute approximate surface area is 129 Å². The second-order valence-electron chi connectivity index (χ2n) is 5.09. The van der Waals surface area contributed by atoms with E-state index in [1.807, 2.05) is 42.6 Å². The molecule has 0 bridgehead atoms. The van der Waals surface area contributed by atoms with Crippen LogP contribution in [0.3, 0.4) is 0 Å². The van der Waals surface area contributed by atoms with Crippen molar-refractivity contribution >= 4 is 28.8 Å². The molecular weight excluding hydrogens is 282 g/mol. The van der Waals surface area contributed by atoms with Gasteiger partial charge in [0.05, 0.1) is 5.52 Å². The molecule has 0 radical (unpaired) electrons. The van der Waals surface area contributed by atoms with Gasteiger partial charge in [-0.3, -0.25) is 4.79 Å². The molecule has 3 heteroatoms. The second-order valence-corrected chi connectivity index (χ2v) is 5.50. The zero-order valence-electron chi connectivity index (χ0n) is 11.8. The Bertz CT molecular complexity index is 804. The van der Waals surface area contributed by atoms with Crippen molar-refractivity contribution in [1.29, 1.82) is 0 Å². The number of aromatic nitrogens is 1. The summed E-state index contributed by atoms with van der Waals surface area (Å²) in [5, 5.41) is 1.76. The van der Waals surface area contributed by atoms with E-state index in [2.05, 4.69) is 17.6 Å². The molecule has 0 amide bonds. The summed E-state index contributed by atoms with van der Waals surface area (Å²) in [7, 11) is 0. The van der Waals surface area contributed by atoms with Crippen LogP contribution in [0.15, 0.2) is 48.7 Å². The van der Waals surface area contributed by atoms with Crippen molar-refractivity contribution in [3.8, 4) is 0 Å². The summed E-state index contributed by atoms with van der Waals surface area (Å²) < 4.78 is 2.12. The Balaban J connectivity index is 2.18. The largest absolute Gasteiger partial charge is 0.342 e. The second kappa shape index (κ2) is 5.74. The van der Waals surface area contributed by atoms with Crippen molar-refractivity contribution in [2.45, 2.75) is 19.9 Å². The lowest BCUT2D eigenvalue weighted by atomic mass is 10.1. The van der Waals surface area contributed by atoms with E-state index in [1.165, 1.54) is 5.56 Å². The predicted molar refractivity (Wildman–Crippen MR) is 87.3 cm³/mol. The lowest BCUT2D eigenvalue weighted by molar-refractivity contribution is 0.112. The summed E-state index contributed by atoms with van der Waals surface area (Å²) in [4.78, 5) is 11.3. The molecule has 21 heavy (non-hydrogen) atoms. The maximum Gasteiger partial charge on any atom is 0.152 e. The third-order valence-corrected chi connectivity index (χ3v) is 4.19. The third kappa shape index (κ3) is 2.47. The molecule has 1 aromatic heterocycles. The molecule has 2 nitrogen and oxygen atoms in total. The molecule has 0 aliphatic carbocycles. The molecule has 0 aliphatic heterocycles. The average Bonchev–Trinajstić information content (AvgIpc) is 2.87. The molecule has 0 saturated heterocycles. The van der Waals surface area contributed by atoms with E-state index in [9.17, 15) is 4.79 Å². The smallest absolute Gasteiger partial charge is 0.152 e. The number of hydrogen-bond donors (Lipinski definition) is 0. The molecular formula is C18H16ClNO. The highest BCUT2D eigenvalue weighted by molar-refractivity contribution is 6.31. The van der Waals surface area contributed by atoms with Gasteiger partial charge in [-0.05, 0) is 23.6 Å². The first kappa shape index (κ1) is 13.9. The number of carbonyl (C=O) groups is 1. The van der Waals surface area contributed by atoms with Crippen LogP contribution in [0.2, 0.25) is 5.02 Å². The minimum Gasteiger partial charge on any atom is -0.342 e. The zero-order valence-corrected chi connectivity index (χ0v) is 12.6. The van der Waals surface area contributed by atoms with Crippen LogP contribution in [0.4, 0.5) is 0 Å². The van der Waals surface area contributed by atoms with Gasteiger partial charge in [0, 0.05) is 28.7 Å². The maximum atomic E-state index is 11.3. The van der Waals surface area contributed by atoms with Crippen LogP contribution in [-0.4, -0.2) is 10.9 Å². The average molecular weight is 298 g/mol. The number of carbonyl (C=O) groups excluding carboxylic acids is 1. The number of fused-ring (bicyclic) bond motifs is 1. The van der Waals surface area contributed by atoms with Crippen LogP contribution in [-0.2, 0) is 13.0 Å². The van der Waals surface area contributed by atoms with Crippen LogP contribution in [0.25, 0.3) is 10.9 Å². The van der Waals surface area contributed by atoms with Gasteiger partial charge in [-0.1, -0.05) is 54.9 Å². The van der Waals surface area contributed by atoms with Crippen LogP contribution in [0.1, 0.15) is 28.4 Å². The number of halogens is 1. The normalized spacial score (nSPS) is 11.0. The van der Waals surface area contributed by atoms with Crippen LogP contribution in [0, 0.1) is 0 Å². The molecule has 0 saturated carbocycles. The minimum atomic E-state index is 0.668. The monoisotopic (exact) mass is 297 g/mol. The fourth-order valence-corrected chi connectivity index (χ4v) is 2.97. The van der Waals surface area contributed by atoms with Crippen molar-refractivity contribution in [3.05, 3.63) is 70.4 Å². The number of aldehydes is 1. The first-order chi connectivity index (χ1) is 10.2. The van der Waals surface area contributed by atoms with Crippen LogP contribution in [0.5, 0.6) is 0 Å². The van der Waals surface area contributed by atoms with Gasteiger partial charge in [-0.2, -0.15) is 0 Å². The molecule has 2 aromatic carbocycles. The highest BCUT2D eigenvalue weighted by atomic mass is 35.5. The predicted octanol–water partition coefficient (Wildman–Crippen LogP) is 4.72. The first-order valence-corrected chi connectivity index (χ1v) is 7.41. The SMILES string of the molecule is CCc1cccc2c(C=O)cn(Cc3ccccc3Cl)c12. The number of nitrogens with zero attached hydrogens (tertiary/aromatic N) is 1. The van der Waals surface area contributed by atoms with E-state index in [-0.39, 0.29) is 0 Å². The van der Waals surface area contributed by atoms with Crippen LogP contribution < -0.4 is 0 Å². The number of hydrogen-bond acceptors (Lipinski definition) is 1. The topological polar surface area (TPSA) is 22.0 Å². The van der Waals surface area contributed by atoms with E-state index >= 15 is 0 Å². The molecule has 0 unspecified atom stereocenters. The Kier molecular flexibility index (Phi) is 3.80. The Hall–Kier alpha value is -2.06. The van der Waals surface area contributed by atoms with Crippen molar-refractivity contribution in [3.63, 3.8) is 0 Å². The number of rotatable bonds is 4.